The number of anilines is 2. The summed E-state index contributed by atoms with van der Waals surface area (Å²) in [5, 5.41) is 12.6. The molecule has 7 nitrogen and oxygen atoms in total. The summed E-state index contributed by atoms with van der Waals surface area (Å²) < 4.78 is 5.69. The van der Waals surface area contributed by atoms with Gasteiger partial charge >= 0.3 is 5.97 Å². The first-order chi connectivity index (χ1) is 12.9. The smallest absolute Gasteiger partial charge is 0.342 e. The van der Waals surface area contributed by atoms with Crippen molar-refractivity contribution in [1.29, 1.82) is 0 Å². The van der Waals surface area contributed by atoms with Crippen LogP contribution in [0.5, 0.6) is 5.75 Å². The van der Waals surface area contributed by atoms with Crippen LogP contribution in [0.25, 0.3) is 0 Å². The molecule has 2 aromatic carbocycles. The highest BCUT2D eigenvalue weighted by Crippen LogP contribution is 2.31. The molecule has 2 N–H and O–H groups in total. The number of halogens is 1. The molecule has 0 aromatic heterocycles. The summed E-state index contributed by atoms with van der Waals surface area (Å²) in [6, 6.07) is 10.9. The second kappa shape index (κ2) is 7.79. The number of benzene rings is 2. The lowest BCUT2D eigenvalue weighted by atomic mass is 10.1. The Hall–Kier alpha value is -2.87. The van der Waals surface area contributed by atoms with Gasteiger partial charge < -0.3 is 20.1 Å². The van der Waals surface area contributed by atoms with Crippen molar-refractivity contribution in [3.8, 4) is 5.75 Å². The summed E-state index contributed by atoms with van der Waals surface area (Å²) in [7, 11) is 0. The Balaban J connectivity index is 1.78. The molecule has 1 aliphatic rings. The number of rotatable bonds is 3. The lowest BCUT2D eigenvalue weighted by Gasteiger charge is -2.27. The van der Waals surface area contributed by atoms with Gasteiger partial charge in [0.25, 0.3) is 5.91 Å². The molecule has 2 amide bonds. The van der Waals surface area contributed by atoms with Crippen molar-refractivity contribution in [1.82, 2.24) is 0 Å². The van der Waals surface area contributed by atoms with Gasteiger partial charge in [0, 0.05) is 16.9 Å². The number of carbonyl (C=O) groups excluding carboxylic acids is 3. The lowest BCUT2D eigenvalue weighted by molar-refractivity contribution is -0.122. The van der Waals surface area contributed by atoms with Crippen LogP contribution in [-0.4, -0.2) is 35.5 Å². The SMILES string of the molecule is CC1CC(=O)Nc2ccccc2N1C(=O)COC(=O)c1cc(Br)ccc1O. The molecule has 0 spiro atoms. The molecule has 27 heavy (non-hydrogen) atoms. The van der Waals surface area contributed by atoms with Gasteiger partial charge in [-0.2, -0.15) is 0 Å². The van der Waals surface area contributed by atoms with E-state index < -0.39 is 24.5 Å². The van der Waals surface area contributed by atoms with Crippen molar-refractivity contribution in [2.45, 2.75) is 19.4 Å². The third-order valence-electron chi connectivity index (χ3n) is 4.13. The van der Waals surface area contributed by atoms with Gasteiger partial charge in [-0.05, 0) is 37.3 Å². The van der Waals surface area contributed by atoms with Gasteiger partial charge in [0.1, 0.15) is 11.3 Å². The average Bonchev–Trinajstić information content (AvgIpc) is 2.75. The lowest BCUT2D eigenvalue weighted by Crippen LogP contribution is -2.41. The van der Waals surface area contributed by atoms with E-state index in [1.807, 2.05) is 0 Å². The summed E-state index contributed by atoms with van der Waals surface area (Å²) >= 11 is 3.21. The number of phenols is 1. The standard InChI is InChI=1S/C19H17BrN2O5/c1-11-8-17(24)21-14-4-2-3-5-15(14)22(11)18(25)10-27-19(26)13-9-12(20)6-7-16(13)23/h2-7,9,11,23H,8,10H2,1H3,(H,21,24). The normalized spacial score (nSPS) is 16.1. The van der Waals surface area contributed by atoms with E-state index in [9.17, 15) is 19.5 Å². The maximum atomic E-state index is 12.8. The van der Waals surface area contributed by atoms with E-state index in [0.29, 0.717) is 15.8 Å². The number of amides is 2. The number of fused-ring (bicyclic) bond motifs is 1. The number of nitrogens with zero attached hydrogens (tertiary/aromatic N) is 1. The molecule has 1 unspecified atom stereocenters. The fourth-order valence-corrected chi connectivity index (χ4v) is 3.28. The van der Waals surface area contributed by atoms with E-state index in [0.717, 1.165) is 0 Å². The topological polar surface area (TPSA) is 95.9 Å². The number of nitrogens with one attached hydrogen (secondary N) is 1. The molecule has 1 heterocycles. The molecule has 0 saturated carbocycles. The number of para-hydroxylation sites is 2. The Morgan fingerprint density at radius 2 is 2.04 bits per heavy atom. The van der Waals surface area contributed by atoms with E-state index in [1.54, 1.807) is 37.3 Å². The van der Waals surface area contributed by atoms with Crippen LogP contribution in [0.3, 0.4) is 0 Å². The third-order valence-corrected chi connectivity index (χ3v) is 4.63. The number of hydrogen-bond donors (Lipinski definition) is 2. The molecule has 0 radical (unpaired) electrons. The first-order valence-electron chi connectivity index (χ1n) is 8.23. The van der Waals surface area contributed by atoms with Crippen LogP contribution in [0.4, 0.5) is 11.4 Å². The number of esters is 1. The first kappa shape index (κ1) is 18.9. The average molecular weight is 433 g/mol. The minimum Gasteiger partial charge on any atom is -0.507 e. The van der Waals surface area contributed by atoms with Gasteiger partial charge in [-0.15, -0.1) is 0 Å². The third kappa shape index (κ3) is 4.11. The Kier molecular flexibility index (Phi) is 5.46. The summed E-state index contributed by atoms with van der Waals surface area (Å²) in [6.45, 7) is 1.24. The molecular weight excluding hydrogens is 416 g/mol. The van der Waals surface area contributed by atoms with E-state index in [2.05, 4.69) is 21.2 Å². The Bertz CT molecular complexity index is 915. The zero-order valence-electron chi connectivity index (χ0n) is 14.4. The second-order valence-electron chi connectivity index (χ2n) is 6.12. The fraction of sp³-hybridized carbons (Fsp3) is 0.211. The molecule has 0 bridgehead atoms. The van der Waals surface area contributed by atoms with Crippen LogP contribution in [0, 0.1) is 0 Å². The van der Waals surface area contributed by atoms with Crippen LogP contribution in [0.2, 0.25) is 0 Å². The Labute approximate surface area is 164 Å². The highest BCUT2D eigenvalue weighted by atomic mass is 79.9. The van der Waals surface area contributed by atoms with Gasteiger partial charge in [-0.3, -0.25) is 9.59 Å². The number of hydrogen-bond acceptors (Lipinski definition) is 5. The maximum absolute atomic E-state index is 12.8. The monoisotopic (exact) mass is 432 g/mol. The Morgan fingerprint density at radius 1 is 1.30 bits per heavy atom. The van der Waals surface area contributed by atoms with Crippen LogP contribution in [0.15, 0.2) is 46.9 Å². The van der Waals surface area contributed by atoms with E-state index in [4.69, 9.17) is 4.74 Å². The summed E-state index contributed by atoms with van der Waals surface area (Å²) in [6.07, 6.45) is 0.126. The predicted octanol–water partition coefficient (Wildman–Crippen LogP) is 3.08. The molecule has 3 rings (SSSR count). The van der Waals surface area contributed by atoms with Crippen molar-refractivity contribution in [3.63, 3.8) is 0 Å². The van der Waals surface area contributed by atoms with Crippen molar-refractivity contribution < 1.29 is 24.2 Å². The molecule has 1 atom stereocenters. The van der Waals surface area contributed by atoms with Crippen molar-refractivity contribution >= 4 is 45.1 Å². The molecule has 0 fully saturated rings. The molecular formula is C19H17BrN2O5. The summed E-state index contributed by atoms with van der Waals surface area (Å²) in [5.74, 6) is -1.71. The summed E-state index contributed by atoms with van der Waals surface area (Å²) in [4.78, 5) is 38.4. The van der Waals surface area contributed by atoms with Crippen molar-refractivity contribution in [2.75, 3.05) is 16.8 Å². The summed E-state index contributed by atoms with van der Waals surface area (Å²) in [5.41, 5.74) is 1.02. The quantitative estimate of drug-likeness (QED) is 0.726. The van der Waals surface area contributed by atoms with E-state index >= 15 is 0 Å². The molecule has 8 heteroatoms. The molecule has 140 valence electrons. The zero-order valence-corrected chi connectivity index (χ0v) is 16.0. The highest BCUT2D eigenvalue weighted by molar-refractivity contribution is 9.10. The minimum atomic E-state index is -0.813. The zero-order chi connectivity index (χ0) is 19.6. The van der Waals surface area contributed by atoms with Gasteiger partial charge in [0.2, 0.25) is 5.91 Å². The van der Waals surface area contributed by atoms with E-state index in [-0.39, 0.29) is 23.6 Å². The predicted molar refractivity (Wildman–Crippen MR) is 103 cm³/mol. The number of aromatic hydroxyl groups is 1. The highest BCUT2D eigenvalue weighted by Gasteiger charge is 2.30. The molecule has 0 saturated heterocycles. The van der Waals surface area contributed by atoms with Crippen LogP contribution >= 0.6 is 15.9 Å². The number of phenolic OH excluding ortho intramolecular Hbond substituents is 1. The largest absolute Gasteiger partial charge is 0.507 e. The number of ether oxygens (including phenoxy) is 1. The van der Waals surface area contributed by atoms with Crippen molar-refractivity contribution in [2.24, 2.45) is 0 Å². The van der Waals surface area contributed by atoms with Crippen LogP contribution < -0.4 is 10.2 Å². The molecule has 1 aliphatic heterocycles. The van der Waals surface area contributed by atoms with E-state index in [1.165, 1.54) is 17.0 Å². The van der Waals surface area contributed by atoms with Crippen molar-refractivity contribution in [3.05, 3.63) is 52.5 Å². The Morgan fingerprint density at radius 3 is 2.81 bits per heavy atom. The van der Waals surface area contributed by atoms with Crippen LogP contribution in [0.1, 0.15) is 23.7 Å². The molecule has 2 aromatic rings. The second-order valence-corrected chi connectivity index (χ2v) is 7.04. The fourth-order valence-electron chi connectivity index (χ4n) is 2.91. The van der Waals surface area contributed by atoms with Gasteiger partial charge in [-0.1, -0.05) is 28.1 Å². The van der Waals surface area contributed by atoms with Crippen LogP contribution in [-0.2, 0) is 14.3 Å². The molecule has 0 aliphatic carbocycles. The number of carbonyl (C=O) groups is 3. The van der Waals surface area contributed by atoms with Gasteiger partial charge in [-0.25, -0.2) is 4.79 Å². The van der Waals surface area contributed by atoms with Gasteiger partial charge in [0.05, 0.1) is 11.4 Å². The minimum absolute atomic E-state index is 0.0432. The van der Waals surface area contributed by atoms with Gasteiger partial charge in [0.15, 0.2) is 6.61 Å². The maximum Gasteiger partial charge on any atom is 0.342 e. The first-order valence-corrected chi connectivity index (χ1v) is 9.02.